The van der Waals surface area contributed by atoms with Crippen molar-refractivity contribution in [2.24, 2.45) is 17.8 Å². The topological polar surface area (TPSA) is 77.8 Å². The lowest BCUT2D eigenvalue weighted by atomic mass is 9.67. The summed E-state index contributed by atoms with van der Waals surface area (Å²) in [4.78, 5) is 10.8. The molecule has 4 nitrogen and oxygen atoms in total. The van der Waals surface area contributed by atoms with Gasteiger partial charge in [0.05, 0.1) is 12.2 Å². The van der Waals surface area contributed by atoms with Gasteiger partial charge < -0.3 is 15.3 Å². The maximum Gasteiger partial charge on any atom is 0.303 e. The highest BCUT2D eigenvalue weighted by molar-refractivity contribution is 5.67. The highest BCUT2D eigenvalue weighted by Crippen LogP contribution is 2.40. The molecule has 0 aromatic carbocycles. The first-order chi connectivity index (χ1) is 7.43. The summed E-state index contributed by atoms with van der Waals surface area (Å²) in [5.41, 5.74) is 0. The van der Waals surface area contributed by atoms with Crippen LogP contribution in [0.2, 0.25) is 0 Å². The molecule has 0 amide bonds. The summed E-state index contributed by atoms with van der Waals surface area (Å²) in [6.07, 6.45) is 2.49. The van der Waals surface area contributed by atoms with Gasteiger partial charge in [-0.25, -0.2) is 0 Å². The van der Waals surface area contributed by atoms with Gasteiger partial charge in [-0.3, -0.25) is 4.79 Å². The summed E-state index contributed by atoms with van der Waals surface area (Å²) in [6, 6.07) is 0. The Morgan fingerprint density at radius 1 is 1.25 bits per heavy atom. The number of hydrogen-bond donors (Lipinski definition) is 3. The fourth-order valence-electron chi connectivity index (χ4n) is 2.76. The second-order valence-electron chi connectivity index (χ2n) is 4.83. The van der Waals surface area contributed by atoms with E-state index < -0.39 is 18.2 Å². The molecule has 3 N–H and O–H groups in total. The number of carboxylic acids is 1. The van der Waals surface area contributed by atoms with Crippen LogP contribution < -0.4 is 0 Å². The molecule has 0 spiro atoms. The van der Waals surface area contributed by atoms with Crippen LogP contribution in [0.3, 0.4) is 0 Å². The maximum absolute atomic E-state index is 10.8. The monoisotopic (exact) mass is 229 g/mol. The highest BCUT2D eigenvalue weighted by atomic mass is 16.4. The third-order valence-corrected chi connectivity index (χ3v) is 3.63. The molecule has 0 aromatic rings. The van der Waals surface area contributed by atoms with Gasteiger partial charge in [-0.2, -0.15) is 0 Å². The van der Waals surface area contributed by atoms with Crippen LogP contribution in [0.25, 0.3) is 0 Å². The molecule has 0 aliphatic heterocycles. The van der Waals surface area contributed by atoms with Crippen LogP contribution in [0.1, 0.15) is 33.1 Å². The molecule has 1 radical (unpaired) electrons. The van der Waals surface area contributed by atoms with E-state index in [1.807, 2.05) is 6.42 Å². The van der Waals surface area contributed by atoms with E-state index in [2.05, 4.69) is 0 Å². The molecule has 4 atom stereocenters. The zero-order valence-electron chi connectivity index (χ0n) is 9.84. The molecule has 1 aliphatic carbocycles. The van der Waals surface area contributed by atoms with Crippen molar-refractivity contribution in [3.63, 3.8) is 0 Å². The number of carboxylic acid groups (broad SMARTS) is 1. The molecular weight excluding hydrogens is 208 g/mol. The van der Waals surface area contributed by atoms with Crippen LogP contribution in [-0.2, 0) is 4.79 Å². The lowest BCUT2D eigenvalue weighted by molar-refractivity contribution is -0.140. The Morgan fingerprint density at radius 2 is 1.69 bits per heavy atom. The van der Waals surface area contributed by atoms with E-state index in [1.165, 1.54) is 0 Å². The van der Waals surface area contributed by atoms with E-state index in [-0.39, 0.29) is 24.2 Å². The minimum atomic E-state index is -0.858. The van der Waals surface area contributed by atoms with E-state index in [1.54, 1.807) is 13.8 Å². The molecule has 1 saturated carbocycles. The van der Waals surface area contributed by atoms with Crippen LogP contribution in [0.5, 0.6) is 0 Å². The van der Waals surface area contributed by atoms with Crippen molar-refractivity contribution >= 4 is 5.97 Å². The van der Waals surface area contributed by atoms with Gasteiger partial charge in [0.1, 0.15) is 0 Å². The van der Waals surface area contributed by atoms with Gasteiger partial charge >= 0.3 is 5.97 Å². The predicted octanol–water partition coefficient (Wildman–Crippen LogP) is 1.07. The van der Waals surface area contributed by atoms with Crippen molar-refractivity contribution < 1.29 is 20.1 Å². The van der Waals surface area contributed by atoms with E-state index in [0.717, 1.165) is 12.8 Å². The van der Waals surface area contributed by atoms with Crippen molar-refractivity contribution in [3.05, 3.63) is 6.42 Å². The van der Waals surface area contributed by atoms with E-state index >= 15 is 0 Å². The second-order valence-corrected chi connectivity index (χ2v) is 4.83. The minimum Gasteiger partial charge on any atom is -0.481 e. The van der Waals surface area contributed by atoms with Crippen LogP contribution in [0, 0.1) is 24.2 Å². The fourth-order valence-corrected chi connectivity index (χ4v) is 2.76. The predicted molar refractivity (Wildman–Crippen MR) is 59.6 cm³/mol. The van der Waals surface area contributed by atoms with Crippen molar-refractivity contribution in [2.45, 2.75) is 45.3 Å². The van der Waals surface area contributed by atoms with Crippen molar-refractivity contribution in [1.82, 2.24) is 0 Å². The maximum atomic E-state index is 10.8. The molecule has 16 heavy (non-hydrogen) atoms. The number of carbonyl (C=O) groups is 1. The number of hydrogen-bond acceptors (Lipinski definition) is 3. The first-order valence-corrected chi connectivity index (χ1v) is 5.83. The third kappa shape index (κ3) is 3.19. The summed E-state index contributed by atoms with van der Waals surface area (Å²) in [5.74, 6) is -1.10. The van der Waals surface area contributed by atoms with Gasteiger partial charge in [-0.05, 0) is 50.9 Å². The van der Waals surface area contributed by atoms with Gasteiger partial charge in [0.25, 0.3) is 0 Å². The standard InChI is InChI=1S/C12H21O4/c1-7(13)9-4-3-5-10(8(2)14)11(9)6-12(15)16/h3,7-11,13-14H,4-6H2,1-2H3,(H,15,16). The van der Waals surface area contributed by atoms with Gasteiger partial charge in [-0.15, -0.1) is 0 Å². The summed E-state index contributed by atoms with van der Waals surface area (Å²) >= 11 is 0. The lowest BCUT2D eigenvalue weighted by Crippen LogP contribution is -2.40. The fraction of sp³-hybridized carbons (Fsp3) is 0.833. The second kappa shape index (κ2) is 5.64. The zero-order chi connectivity index (χ0) is 12.3. The third-order valence-electron chi connectivity index (χ3n) is 3.63. The van der Waals surface area contributed by atoms with Crippen molar-refractivity contribution in [3.8, 4) is 0 Å². The molecule has 4 heteroatoms. The Kier molecular flexibility index (Phi) is 4.74. The smallest absolute Gasteiger partial charge is 0.303 e. The normalized spacial score (nSPS) is 34.4. The average Bonchev–Trinajstić information content (AvgIpc) is 2.16. The average molecular weight is 229 g/mol. The highest BCUT2D eigenvalue weighted by Gasteiger charge is 2.38. The first kappa shape index (κ1) is 13.5. The summed E-state index contributed by atoms with van der Waals surface area (Å²) in [5, 5.41) is 28.2. The van der Waals surface area contributed by atoms with Crippen LogP contribution in [0.15, 0.2) is 0 Å². The van der Waals surface area contributed by atoms with Crippen molar-refractivity contribution in [2.75, 3.05) is 0 Å². The molecule has 93 valence electrons. The molecule has 0 heterocycles. The van der Waals surface area contributed by atoms with Gasteiger partial charge in [0.15, 0.2) is 0 Å². The molecule has 1 fully saturated rings. The van der Waals surface area contributed by atoms with Gasteiger partial charge in [0.2, 0.25) is 0 Å². The Morgan fingerprint density at radius 3 is 2.00 bits per heavy atom. The molecule has 1 aliphatic rings. The molecule has 0 saturated heterocycles. The van der Waals surface area contributed by atoms with E-state index in [9.17, 15) is 15.0 Å². The Balaban J connectivity index is 2.80. The Labute approximate surface area is 96.3 Å². The minimum absolute atomic E-state index is 0.0268. The zero-order valence-corrected chi connectivity index (χ0v) is 9.84. The molecule has 0 aromatic heterocycles. The summed E-state index contributed by atoms with van der Waals surface area (Å²) in [7, 11) is 0. The van der Waals surface area contributed by atoms with Crippen LogP contribution >= 0.6 is 0 Å². The Hall–Kier alpha value is -0.610. The van der Waals surface area contributed by atoms with E-state index in [0.29, 0.717) is 0 Å². The van der Waals surface area contributed by atoms with Crippen LogP contribution in [0.4, 0.5) is 0 Å². The number of rotatable bonds is 4. The van der Waals surface area contributed by atoms with Crippen LogP contribution in [-0.4, -0.2) is 33.5 Å². The summed E-state index contributed by atoms with van der Waals surface area (Å²) < 4.78 is 0. The lowest BCUT2D eigenvalue weighted by Gasteiger charge is -2.40. The largest absolute Gasteiger partial charge is 0.481 e. The Bertz CT molecular complexity index is 221. The molecule has 1 rings (SSSR count). The SMILES string of the molecule is CC(O)C1C[CH]CC(C(C)O)C1CC(=O)O. The van der Waals surface area contributed by atoms with Crippen molar-refractivity contribution in [1.29, 1.82) is 0 Å². The number of aliphatic hydroxyl groups excluding tert-OH is 2. The van der Waals surface area contributed by atoms with Gasteiger partial charge in [-0.1, -0.05) is 0 Å². The number of aliphatic carboxylic acids is 1. The number of aliphatic hydroxyl groups is 2. The quantitative estimate of drug-likeness (QED) is 0.674. The first-order valence-electron chi connectivity index (χ1n) is 5.83. The van der Waals surface area contributed by atoms with Gasteiger partial charge in [0, 0.05) is 6.42 Å². The summed E-state index contributed by atoms with van der Waals surface area (Å²) in [6.45, 7) is 3.38. The molecule has 0 bridgehead atoms. The van der Waals surface area contributed by atoms with E-state index in [4.69, 9.17) is 5.11 Å². The molecular formula is C12H21O4. The molecule has 4 unspecified atom stereocenters.